The summed E-state index contributed by atoms with van der Waals surface area (Å²) in [6.45, 7) is 1.73. The Morgan fingerprint density at radius 1 is 1.21 bits per heavy atom. The van der Waals surface area contributed by atoms with E-state index in [2.05, 4.69) is 10.4 Å². The van der Waals surface area contributed by atoms with Crippen LogP contribution in [0.25, 0.3) is 0 Å². The number of hydrogen-bond donors (Lipinski definition) is 1. The number of aromatic nitrogens is 2. The van der Waals surface area contributed by atoms with Gasteiger partial charge in [0.05, 0.1) is 14.2 Å². The van der Waals surface area contributed by atoms with Crippen LogP contribution >= 0.6 is 0 Å². The van der Waals surface area contributed by atoms with Gasteiger partial charge in [-0.3, -0.25) is 14.3 Å². The Morgan fingerprint density at radius 2 is 1.97 bits per heavy atom. The van der Waals surface area contributed by atoms with Crippen LogP contribution in [0, 0.1) is 5.92 Å². The van der Waals surface area contributed by atoms with Gasteiger partial charge in [-0.1, -0.05) is 0 Å². The quantitative estimate of drug-likeness (QED) is 0.736. The van der Waals surface area contributed by atoms with Crippen molar-refractivity contribution in [1.82, 2.24) is 14.7 Å². The Hall–Kier alpha value is -3.03. The minimum atomic E-state index is -0.0553. The van der Waals surface area contributed by atoms with Crippen molar-refractivity contribution in [3.8, 4) is 11.5 Å². The molecule has 2 aromatic rings. The third-order valence-corrected chi connectivity index (χ3v) is 5.14. The van der Waals surface area contributed by atoms with E-state index in [-0.39, 0.29) is 18.4 Å². The van der Waals surface area contributed by atoms with Gasteiger partial charge in [0.2, 0.25) is 11.8 Å². The summed E-state index contributed by atoms with van der Waals surface area (Å²) >= 11 is 0. The summed E-state index contributed by atoms with van der Waals surface area (Å²) in [5.41, 5.74) is 0.644. The number of benzene rings is 1. The number of carbonyl (C=O) groups excluding carboxylic acids is 2. The van der Waals surface area contributed by atoms with Gasteiger partial charge in [-0.15, -0.1) is 0 Å². The van der Waals surface area contributed by atoms with Crippen LogP contribution in [0.1, 0.15) is 25.7 Å². The molecule has 1 aromatic heterocycles. The van der Waals surface area contributed by atoms with Gasteiger partial charge in [-0.25, -0.2) is 0 Å². The van der Waals surface area contributed by atoms with Crippen LogP contribution in [0.3, 0.4) is 0 Å². The molecule has 1 aliphatic heterocycles. The van der Waals surface area contributed by atoms with Crippen LogP contribution in [0.5, 0.6) is 11.5 Å². The molecule has 0 unspecified atom stereocenters. The van der Waals surface area contributed by atoms with E-state index in [9.17, 15) is 9.59 Å². The topological polar surface area (TPSA) is 85.7 Å². The van der Waals surface area contributed by atoms with Crippen LogP contribution in [0.2, 0.25) is 0 Å². The highest BCUT2D eigenvalue weighted by molar-refractivity contribution is 5.91. The number of rotatable bonds is 8. The fourth-order valence-electron chi connectivity index (χ4n) is 3.60. The van der Waals surface area contributed by atoms with E-state index in [1.807, 2.05) is 11.0 Å². The second-order valence-corrected chi connectivity index (χ2v) is 7.24. The monoisotopic (exact) mass is 400 g/mol. The van der Waals surface area contributed by atoms with Crippen LogP contribution in [-0.2, 0) is 16.1 Å². The minimum absolute atomic E-state index is 0.0553. The second kappa shape index (κ2) is 9.95. The van der Waals surface area contributed by atoms with Crippen molar-refractivity contribution < 1.29 is 19.1 Å². The number of amides is 2. The lowest BCUT2D eigenvalue weighted by Crippen LogP contribution is -2.41. The average molecular weight is 400 g/mol. The third-order valence-electron chi connectivity index (χ3n) is 5.14. The summed E-state index contributed by atoms with van der Waals surface area (Å²) in [7, 11) is 3.14. The molecule has 3 rings (SSSR count). The van der Waals surface area contributed by atoms with Crippen molar-refractivity contribution in [1.29, 1.82) is 0 Å². The van der Waals surface area contributed by atoms with E-state index in [0.29, 0.717) is 36.1 Å². The fourth-order valence-corrected chi connectivity index (χ4v) is 3.60. The van der Waals surface area contributed by atoms with Gasteiger partial charge in [-0.05, 0) is 31.2 Å². The predicted molar refractivity (Wildman–Crippen MR) is 109 cm³/mol. The smallest absolute Gasteiger partial charge is 0.244 e. The van der Waals surface area contributed by atoms with Crippen molar-refractivity contribution in [2.45, 2.75) is 32.2 Å². The van der Waals surface area contributed by atoms with Crippen molar-refractivity contribution in [2.75, 3.05) is 32.6 Å². The molecule has 0 bridgehead atoms. The molecule has 29 heavy (non-hydrogen) atoms. The minimum Gasteiger partial charge on any atom is -0.497 e. The molecule has 0 saturated carbocycles. The number of nitrogens with one attached hydrogen (secondary N) is 1. The van der Waals surface area contributed by atoms with Gasteiger partial charge < -0.3 is 19.7 Å². The molecular formula is C21H28N4O4. The first-order chi connectivity index (χ1) is 14.1. The molecule has 1 aromatic carbocycles. The van der Waals surface area contributed by atoms with Gasteiger partial charge in [0.1, 0.15) is 18.0 Å². The lowest BCUT2D eigenvalue weighted by Gasteiger charge is -2.32. The molecule has 2 heterocycles. The first-order valence-electron chi connectivity index (χ1n) is 9.85. The zero-order valence-corrected chi connectivity index (χ0v) is 17.0. The van der Waals surface area contributed by atoms with Gasteiger partial charge >= 0.3 is 0 Å². The van der Waals surface area contributed by atoms with Crippen molar-refractivity contribution in [3.63, 3.8) is 0 Å². The van der Waals surface area contributed by atoms with Crippen LogP contribution < -0.4 is 14.8 Å². The molecule has 1 fully saturated rings. The first kappa shape index (κ1) is 20.7. The van der Waals surface area contributed by atoms with Crippen LogP contribution in [0.15, 0.2) is 36.7 Å². The predicted octanol–water partition coefficient (Wildman–Crippen LogP) is 2.56. The van der Waals surface area contributed by atoms with E-state index in [0.717, 1.165) is 25.8 Å². The molecule has 2 amide bonds. The number of nitrogens with zero attached hydrogens (tertiary/aromatic N) is 3. The summed E-state index contributed by atoms with van der Waals surface area (Å²) < 4.78 is 12.1. The number of methoxy groups -OCH3 is 2. The highest BCUT2D eigenvalue weighted by Crippen LogP contribution is 2.26. The fraction of sp³-hybridized carbons (Fsp3) is 0.476. The van der Waals surface area contributed by atoms with E-state index in [4.69, 9.17) is 9.47 Å². The molecule has 1 aliphatic rings. The van der Waals surface area contributed by atoms with Crippen molar-refractivity contribution >= 4 is 17.5 Å². The summed E-state index contributed by atoms with van der Waals surface area (Å²) in [5.74, 6) is 1.60. The molecular weight excluding hydrogens is 372 g/mol. The zero-order chi connectivity index (χ0) is 20.6. The second-order valence-electron chi connectivity index (χ2n) is 7.24. The maximum atomic E-state index is 12.5. The molecule has 0 radical (unpaired) electrons. The van der Waals surface area contributed by atoms with Gasteiger partial charge in [0, 0.05) is 55.8 Å². The zero-order valence-electron chi connectivity index (χ0n) is 17.0. The van der Waals surface area contributed by atoms with Gasteiger partial charge in [-0.2, -0.15) is 5.10 Å². The van der Waals surface area contributed by atoms with E-state index in [1.165, 1.54) is 0 Å². The number of ether oxygens (including phenoxy) is 2. The van der Waals surface area contributed by atoms with Crippen LogP contribution in [-0.4, -0.2) is 53.8 Å². The Labute approximate surface area is 170 Å². The lowest BCUT2D eigenvalue weighted by molar-refractivity contribution is -0.133. The third kappa shape index (κ3) is 5.97. The summed E-state index contributed by atoms with van der Waals surface area (Å²) in [4.78, 5) is 26.8. The molecule has 156 valence electrons. The number of carbonyl (C=O) groups is 2. The standard InChI is InChI=1S/C21H28N4O4/c1-28-18-11-17(12-19(13-18)29-2)23-20(26)7-6-16-5-3-9-24(14-16)21(27)15-25-10-4-8-22-25/h4,8,10-13,16H,3,5-7,9,14-15H2,1-2H3,(H,23,26)/t16-/m0/s1. The van der Waals surface area contributed by atoms with Crippen LogP contribution in [0.4, 0.5) is 5.69 Å². The summed E-state index contributed by atoms with van der Waals surface area (Å²) in [6, 6.07) is 7.09. The normalized spacial score (nSPS) is 16.3. The molecule has 8 nitrogen and oxygen atoms in total. The number of anilines is 1. The molecule has 8 heteroatoms. The number of hydrogen-bond acceptors (Lipinski definition) is 5. The maximum absolute atomic E-state index is 12.5. The average Bonchev–Trinajstić information content (AvgIpc) is 3.25. The molecule has 0 aliphatic carbocycles. The maximum Gasteiger partial charge on any atom is 0.244 e. The van der Waals surface area contributed by atoms with E-state index in [1.54, 1.807) is 49.5 Å². The van der Waals surface area contributed by atoms with E-state index >= 15 is 0 Å². The largest absolute Gasteiger partial charge is 0.497 e. The Morgan fingerprint density at radius 3 is 2.62 bits per heavy atom. The Balaban J connectivity index is 1.48. The molecule has 1 N–H and O–H groups in total. The Kier molecular flexibility index (Phi) is 7.10. The number of piperidine rings is 1. The summed E-state index contributed by atoms with van der Waals surface area (Å²) in [5, 5.41) is 7.00. The van der Waals surface area contributed by atoms with Crippen molar-refractivity contribution in [2.24, 2.45) is 5.92 Å². The Bertz CT molecular complexity index is 800. The molecule has 1 saturated heterocycles. The van der Waals surface area contributed by atoms with Crippen molar-refractivity contribution in [3.05, 3.63) is 36.7 Å². The first-order valence-corrected chi connectivity index (χ1v) is 9.85. The van der Waals surface area contributed by atoms with Gasteiger partial charge in [0.15, 0.2) is 0 Å². The highest BCUT2D eigenvalue weighted by Gasteiger charge is 2.24. The van der Waals surface area contributed by atoms with Gasteiger partial charge in [0.25, 0.3) is 0 Å². The lowest BCUT2D eigenvalue weighted by atomic mass is 9.93. The molecule has 0 spiro atoms. The SMILES string of the molecule is COc1cc(NC(=O)CC[C@@H]2CCCN(C(=O)Cn3cccn3)C2)cc(OC)c1. The number of likely N-dealkylation sites (tertiary alicyclic amines) is 1. The van der Waals surface area contributed by atoms with E-state index < -0.39 is 0 Å². The summed E-state index contributed by atoms with van der Waals surface area (Å²) in [6.07, 6.45) is 6.61. The molecule has 1 atom stereocenters. The highest BCUT2D eigenvalue weighted by atomic mass is 16.5.